The van der Waals surface area contributed by atoms with E-state index in [1.54, 1.807) is 12.4 Å². The van der Waals surface area contributed by atoms with Gasteiger partial charge in [-0.3, -0.25) is 10.5 Å². The summed E-state index contributed by atoms with van der Waals surface area (Å²) in [5.41, 5.74) is 4.40. The van der Waals surface area contributed by atoms with E-state index in [9.17, 15) is 0 Å². The Kier molecular flexibility index (Phi) is 4.43. The predicted octanol–water partition coefficient (Wildman–Crippen LogP) is 2.49. The molecule has 3 N–H and O–H groups in total. The summed E-state index contributed by atoms with van der Waals surface area (Å²) in [4.78, 5) is 0. The zero-order valence-corrected chi connectivity index (χ0v) is 11.6. The number of aromatic amines is 1. The van der Waals surface area contributed by atoms with Gasteiger partial charge in [0.25, 0.3) is 0 Å². The third-order valence-corrected chi connectivity index (χ3v) is 2.84. The molecule has 1 aromatic heterocycles. The summed E-state index contributed by atoms with van der Waals surface area (Å²) in [7, 11) is 0. The lowest BCUT2D eigenvalue weighted by molar-refractivity contribution is 1.04. The number of thiocarbonyl (C=S) groups is 1. The van der Waals surface area contributed by atoms with E-state index >= 15 is 0 Å². The first-order valence-corrected chi connectivity index (χ1v) is 6.30. The number of nitrogens with one attached hydrogen (secondary N) is 3. The molecule has 18 heavy (non-hydrogen) atoms. The van der Waals surface area contributed by atoms with Crippen molar-refractivity contribution < 1.29 is 0 Å². The fourth-order valence-corrected chi connectivity index (χ4v) is 1.67. The van der Waals surface area contributed by atoms with Crippen molar-refractivity contribution in [1.82, 2.24) is 15.6 Å². The number of rotatable bonds is 3. The highest BCUT2D eigenvalue weighted by molar-refractivity contribution is 9.10. The molecule has 0 atom stereocenters. The van der Waals surface area contributed by atoms with Gasteiger partial charge >= 0.3 is 0 Å². The minimum absolute atomic E-state index is 0.424. The highest BCUT2D eigenvalue weighted by Crippen LogP contribution is 2.09. The molecule has 2 rings (SSSR count). The number of halogens is 1. The second kappa shape index (κ2) is 6.27. The van der Waals surface area contributed by atoms with Crippen molar-refractivity contribution in [3.63, 3.8) is 0 Å². The maximum absolute atomic E-state index is 5.09. The molecule has 0 spiro atoms. The second-order valence-corrected chi connectivity index (χ2v) is 4.58. The fourth-order valence-electron chi connectivity index (χ4n) is 1.21. The molecule has 0 amide bonds. The average molecular weight is 324 g/mol. The minimum atomic E-state index is 0.424. The van der Waals surface area contributed by atoms with Gasteiger partial charge in [0.2, 0.25) is 0 Å². The number of aromatic nitrogens is 2. The van der Waals surface area contributed by atoms with Gasteiger partial charge in [-0.25, -0.2) is 0 Å². The lowest BCUT2D eigenvalue weighted by Crippen LogP contribution is -2.23. The van der Waals surface area contributed by atoms with E-state index in [2.05, 4.69) is 42.0 Å². The maximum atomic E-state index is 5.09. The van der Waals surface area contributed by atoms with Crippen LogP contribution >= 0.6 is 28.1 Å². The van der Waals surface area contributed by atoms with E-state index in [4.69, 9.17) is 12.2 Å². The standard InChI is InChI=1S/C11H10BrN5S/c12-9-6-13-16-10(9)7-14-17-11(18)15-8-4-2-1-3-5-8/h1-7H,(H,13,16)(H2,15,17,18). The lowest BCUT2D eigenvalue weighted by atomic mass is 10.3. The molecule has 0 bridgehead atoms. The molecular weight excluding hydrogens is 314 g/mol. The molecule has 0 saturated heterocycles. The first kappa shape index (κ1) is 12.7. The summed E-state index contributed by atoms with van der Waals surface area (Å²) in [5.74, 6) is 0. The zero-order valence-electron chi connectivity index (χ0n) is 9.22. The number of nitrogens with zero attached hydrogens (tertiary/aromatic N) is 2. The molecule has 2 aromatic rings. The number of hydrogen-bond acceptors (Lipinski definition) is 3. The highest BCUT2D eigenvalue weighted by Gasteiger charge is 1.97. The number of benzene rings is 1. The molecule has 0 aliphatic carbocycles. The summed E-state index contributed by atoms with van der Waals surface area (Å²) < 4.78 is 0.843. The van der Waals surface area contributed by atoms with Crippen molar-refractivity contribution in [3.05, 3.63) is 46.7 Å². The predicted molar refractivity (Wildman–Crippen MR) is 79.7 cm³/mol. The van der Waals surface area contributed by atoms with Crippen molar-refractivity contribution in [1.29, 1.82) is 0 Å². The Morgan fingerprint density at radius 2 is 2.17 bits per heavy atom. The van der Waals surface area contributed by atoms with E-state index in [0.717, 1.165) is 15.9 Å². The molecule has 0 aliphatic rings. The van der Waals surface area contributed by atoms with E-state index < -0.39 is 0 Å². The Bertz CT molecular complexity index is 552. The van der Waals surface area contributed by atoms with E-state index in [1.165, 1.54) is 0 Å². The molecule has 92 valence electrons. The summed E-state index contributed by atoms with van der Waals surface area (Å²) >= 11 is 8.42. The molecule has 7 heteroatoms. The summed E-state index contributed by atoms with van der Waals surface area (Å²) in [6.07, 6.45) is 3.25. The van der Waals surface area contributed by atoms with Gasteiger partial charge in [0.15, 0.2) is 5.11 Å². The maximum Gasteiger partial charge on any atom is 0.191 e. The number of anilines is 1. The van der Waals surface area contributed by atoms with Crippen LogP contribution in [-0.2, 0) is 0 Å². The van der Waals surface area contributed by atoms with E-state index in [1.807, 2.05) is 30.3 Å². The molecule has 0 saturated carbocycles. The van der Waals surface area contributed by atoms with Gasteiger partial charge in [0.05, 0.1) is 22.6 Å². The Labute approximate surface area is 118 Å². The largest absolute Gasteiger partial charge is 0.331 e. The van der Waals surface area contributed by atoms with Crippen LogP contribution in [0.25, 0.3) is 0 Å². The first-order valence-electron chi connectivity index (χ1n) is 5.09. The third kappa shape index (κ3) is 3.64. The van der Waals surface area contributed by atoms with Crippen LogP contribution in [0.4, 0.5) is 5.69 Å². The van der Waals surface area contributed by atoms with Gasteiger partial charge in [0.1, 0.15) is 0 Å². The molecule has 1 heterocycles. The fraction of sp³-hybridized carbons (Fsp3) is 0. The second-order valence-electron chi connectivity index (χ2n) is 3.32. The number of para-hydroxylation sites is 1. The van der Waals surface area contributed by atoms with Crippen LogP contribution in [0.2, 0.25) is 0 Å². The average Bonchev–Trinajstić information content (AvgIpc) is 2.76. The van der Waals surface area contributed by atoms with Crippen molar-refractivity contribution in [2.75, 3.05) is 5.32 Å². The van der Waals surface area contributed by atoms with E-state index in [0.29, 0.717) is 5.11 Å². The first-order chi connectivity index (χ1) is 8.75. The summed E-state index contributed by atoms with van der Waals surface area (Å²) in [6.45, 7) is 0. The van der Waals surface area contributed by atoms with Crippen molar-refractivity contribution >= 4 is 45.2 Å². The molecule has 0 unspecified atom stereocenters. The third-order valence-electron chi connectivity index (χ3n) is 2.01. The van der Waals surface area contributed by atoms with Crippen LogP contribution < -0.4 is 10.7 Å². The number of hydrogen-bond donors (Lipinski definition) is 3. The van der Waals surface area contributed by atoms with Gasteiger partial charge in [-0.1, -0.05) is 18.2 Å². The molecule has 0 fully saturated rings. The summed E-state index contributed by atoms with van der Waals surface area (Å²) in [6, 6.07) is 9.63. The quantitative estimate of drug-likeness (QED) is 0.461. The Morgan fingerprint density at radius 3 is 2.83 bits per heavy atom. The molecule has 1 aromatic carbocycles. The van der Waals surface area contributed by atoms with Crippen LogP contribution in [0, 0.1) is 0 Å². The van der Waals surface area contributed by atoms with Crippen LogP contribution in [0.15, 0.2) is 46.1 Å². The van der Waals surface area contributed by atoms with Crippen LogP contribution in [0.3, 0.4) is 0 Å². The minimum Gasteiger partial charge on any atom is -0.331 e. The number of H-pyrrole nitrogens is 1. The van der Waals surface area contributed by atoms with Crippen LogP contribution in [0.1, 0.15) is 5.69 Å². The smallest absolute Gasteiger partial charge is 0.191 e. The topological polar surface area (TPSA) is 65.1 Å². The van der Waals surface area contributed by atoms with Crippen LogP contribution in [-0.4, -0.2) is 21.5 Å². The Hall–Kier alpha value is -1.73. The van der Waals surface area contributed by atoms with Gasteiger partial charge < -0.3 is 5.32 Å². The van der Waals surface area contributed by atoms with E-state index in [-0.39, 0.29) is 0 Å². The molecule has 0 radical (unpaired) electrons. The van der Waals surface area contributed by atoms with Crippen molar-refractivity contribution in [2.24, 2.45) is 5.10 Å². The van der Waals surface area contributed by atoms with Gasteiger partial charge in [-0.05, 0) is 40.3 Å². The normalized spacial score (nSPS) is 10.5. The van der Waals surface area contributed by atoms with Crippen molar-refractivity contribution in [2.45, 2.75) is 0 Å². The summed E-state index contributed by atoms with van der Waals surface area (Å²) in [5, 5.41) is 14.0. The van der Waals surface area contributed by atoms with Crippen LogP contribution in [0.5, 0.6) is 0 Å². The Morgan fingerprint density at radius 1 is 1.39 bits per heavy atom. The zero-order chi connectivity index (χ0) is 12.8. The molecule has 5 nitrogen and oxygen atoms in total. The monoisotopic (exact) mass is 323 g/mol. The SMILES string of the molecule is S=C(NN=Cc1[nH]ncc1Br)Nc1ccccc1. The number of hydrazone groups is 1. The molecular formula is C11H10BrN5S. The lowest BCUT2D eigenvalue weighted by Gasteiger charge is -2.05. The molecule has 0 aliphatic heterocycles. The highest BCUT2D eigenvalue weighted by atomic mass is 79.9. The van der Waals surface area contributed by atoms with Gasteiger partial charge in [-0.2, -0.15) is 10.2 Å². The van der Waals surface area contributed by atoms with Crippen molar-refractivity contribution in [3.8, 4) is 0 Å². The Balaban J connectivity index is 1.86. The van der Waals surface area contributed by atoms with Gasteiger partial charge in [-0.15, -0.1) is 0 Å². The van der Waals surface area contributed by atoms with Gasteiger partial charge in [0, 0.05) is 5.69 Å².